The number of nitrogens with zero attached hydrogens (tertiary/aromatic N) is 5. The molecule has 2 fully saturated rings. The Morgan fingerprint density at radius 3 is 2.29 bits per heavy atom. The maximum absolute atomic E-state index is 13.6. The standard InChI is InChI=1S/C40H45F3N8O6S/c1-39(2,3)37(54)50-16-14-49(15-17-50)33-13-11-27(20-44-33)47-36(53)26-10-12-29(32(18-26)57-40(41,42)43)24-6-8-25(9-7-24)30-21-45-35(48-30)31-19-28(58-5)23-51(31)34(52)22-46-38(55)56-4/h6-13,18,20-21,28,31H,14-17,19,22-23H2,1-5H3,(H,45,48)(H,46,55)(H,47,53). The number of likely N-dealkylation sites (tertiary alicyclic amines) is 1. The molecule has 6 rings (SSSR count). The number of aromatic amines is 1. The summed E-state index contributed by atoms with van der Waals surface area (Å²) in [5, 5.41) is 5.28. The maximum atomic E-state index is 13.6. The highest BCUT2D eigenvalue weighted by Crippen LogP contribution is 2.38. The fourth-order valence-electron chi connectivity index (χ4n) is 6.87. The first-order chi connectivity index (χ1) is 27.5. The van der Waals surface area contributed by atoms with Gasteiger partial charge in [0, 0.05) is 66.3 Å². The highest BCUT2D eigenvalue weighted by atomic mass is 32.2. The highest BCUT2D eigenvalue weighted by Gasteiger charge is 2.38. The molecule has 2 saturated heterocycles. The average molecular weight is 823 g/mol. The number of alkyl halides is 3. The molecule has 4 aromatic rings. The molecule has 18 heteroatoms. The number of H-pyrrole nitrogens is 1. The van der Waals surface area contributed by atoms with Crippen LogP contribution in [0, 0.1) is 5.41 Å². The number of imidazole rings is 1. The van der Waals surface area contributed by atoms with E-state index in [9.17, 15) is 32.3 Å². The van der Waals surface area contributed by atoms with Crippen LogP contribution in [-0.4, -0.2) is 113 Å². The molecule has 3 N–H and O–H groups in total. The third-order valence-electron chi connectivity index (χ3n) is 9.90. The molecule has 0 spiro atoms. The zero-order valence-electron chi connectivity index (χ0n) is 32.7. The smallest absolute Gasteiger partial charge is 0.453 e. The van der Waals surface area contributed by atoms with Crippen molar-refractivity contribution in [3.8, 4) is 28.1 Å². The van der Waals surface area contributed by atoms with E-state index < -0.39 is 29.5 Å². The predicted octanol–water partition coefficient (Wildman–Crippen LogP) is 6.35. The van der Waals surface area contributed by atoms with E-state index >= 15 is 0 Å². The molecule has 2 aliphatic heterocycles. The van der Waals surface area contributed by atoms with Crippen molar-refractivity contribution in [2.75, 3.05) is 62.9 Å². The number of benzene rings is 2. The molecule has 2 aromatic heterocycles. The third kappa shape index (κ3) is 10.0. The number of thioether (sulfide) groups is 1. The SMILES string of the molecule is COC(=O)NCC(=O)N1CC(SC)CC1c1nc(-c2ccc(-c3ccc(C(=O)Nc4ccc(N5CCN(C(=O)C(C)(C)C)CC5)nc4)cc3OC(F)(F)F)cc2)c[nH]1. The molecule has 0 aliphatic carbocycles. The summed E-state index contributed by atoms with van der Waals surface area (Å²) in [6.45, 7) is 8.26. The van der Waals surface area contributed by atoms with Crippen molar-refractivity contribution in [2.45, 2.75) is 44.8 Å². The lowest BCUT2D eigenvalue weighted by molar-refractivity contribution is -0.274. The number of hydrogen-bond acceptors (Lipinski definition) is 10. The Bertz CT molecular complexity index is 2120. The second-order valence-corrected chi connectivity index (χ2v) is 16.0. The molecule has 58 heavy (non-hydrogen) atoms. The Morgan fingerprint density at radius 2 is 1.67 bits per heavy atom. The molecule has 14 nitrogen and oxygen atoms in total. The number of carbonyl (C=O) groups is 4. The number of halogens is 3. The normalized spacial score (nSPS) is 17.2. The topological polar surface area (TPSA) is 162 Å². The molecule has 0 bridgehead atoms. The van der Waals surface area contributed by atoms with Gasteiger partial charge in [-0.15, -0.1) is 13.2 Å². The third-order valence-corrected chi connectivity index (χ3v) is 10.9. The molecule has 4 heterocycles. The molecule has 4 amide bonds. The maximum Gasteiger partial charge on any atom is 0.573 e. The number of pyridine rings is 1. The summed E-state index contributed by atoms with van der Waals surface area (Å²) >= 11 is 1.63. The number of nitrogens with one attached hydrogen (secondary N) is 3. The summed E-state index contributed by atoms with van der Waals surface area (Å²) < 4.78 is 49.9. The van der Waals surface area contributed by atoms with Crippen molar-refractivity contribution in [1.82, 2.24) is 30.1 Å². The van der Waals surface area contributed by atoms with E-state index in [-0.39, 0.29) is 40.8 Å². The Balaban J connectivity index is 1.13. The molecule has 0 saturated carbocycles. The molecule has 2 aliphatic rings. The molecular formula is C40H45F3N8O6S. The van der Waals surface area contributed by atoms with Gasteiger partial charge in [0.2, 0.25) is 11.8 Å². The number of amides is 4. The predicted molar refractivity (Wildman–Crippen MR) is 213 cm³/mol. The van der Waals surface area contributed by atoms with Crippen LogP contribution in [0.4, 0.5) is 29.5 Å². The molecule has 308 valence electrons. The Hall–Kier alpha value is -5.78. The number of methoxy groups -OCH3 is 1. The summed E-state index contributed by atoms with van der Waals surface area (Å²) in [4.78, 5) is 68.3. The highest BCUT2D eigenvalue weighted by molar-refractivity contribution is 7.99. The van der Waals surface area contributed by atoms with Crippen LogP contribution in [0.2, 0.25) is 0 Å². The molecule has 2 atom stereocenters. The first-order valence-electron chi connectivity index (χ1n) is 18.5. The van der Waals surface area contributed by atoms with E-state index in [1.165, 1.54) is 25.4 Å². The first-order valence-corrected chi connectivity index (χ1v) is 19.8. The molecule has 2 unspecified atom stereocenters. The van der Waals surface area contributed by atoms with Gasteiger partial charge in [0.25, 0.3) is 5.91 Å². The monoisotopic (exact) mass is 822 g/mol. The van der Waals surface area contributed by atoms with Crippen molar-refractivity contribution in [3.63, 3.8) is 0 Å². The number of carbonyl (C=O) groups excluding carboxylic acids is 4. The number of alkyl carbamates (subject to hydrolysis) is 1. The van der Waals surface area contributed by atoms with Crippen LogP contribution in [0.5, 0.6) is 5.75 Å². The fraction of sp³-hybridized carbons (Fsp3) is 0.400. The van der Waals surface area contributed by atoms with Gasteiger partial charge in [-0.25, -0.2) is 14.8 Å². The van der Waals surface area contributed by atoms with Crippen LogP contribution < -0.4 is 20.3 Å². The minimum atomic E-state index is -5.03. The van der Waals surface area contributed by atoms with Gasteiger partial charge < -0.3 is 39.8 Å². The fourth-order valence-corrected chi connectivity index (χ4v) is 7.56. The largest absolute Gasteiger partial charge is 0.573 e. The number of aromatic nitrogens is 3. The van der Waals surface area contributed by atoms with E-state index in [1.807, 2.05) is 36.8 Å². The van der Waals surface area contributed by atoms with E-state index in [4.69, 9.17) is 4.98 Å². The second-order valence-electron chi connectivity index (χ2n) is 14.9. The minimum absolute atomic E-state index is 0.0587. The van der Waals surface area contributed by atoms with Crippen LogP contribution in [-0.2, 0) is 14.3 Å². The number of anilines is 2. The van der Waals surface area contributed by atoms with Gasteiger partial charge in [0.05, 0.1) is 30.7 Å². The first kappa shape index (κ1) is 41.8. The molecule has 2 aromatic carbocycles. The van der Waals surface area contributed by atoms with Gasteiger partial charge in [-0.2, -0.15) is 11.8 Å². The van der Waals surface area contributed by atoms with Gasteiger partial charge in [0.15, 0.2) is 0 Å². The summed E-state index contributed by atoms with van der Waals surface area (Å²) in [6.07, 6.45) is 0.0472. The van der Waals surface area contributed by atoms with Crippen molar-refractivity contribution in [3.05, 3.63) is 78.4 Å². The lowest BCUT2D eigenvalue weighted by Gasteiger charge is -2.38. The van der Waals surface area contributed by atoms with Gasteiger partial charge in [-0.05, 0) is 48.6 Å². The van der Waals surface area contributed by atoms with Crippen LogP contribution >= 0.6 is 11.8 Å². The van der Waals surface area contributed by atoms with Crippen LogP contribution in [0.3, 0.4) is 0 Å². The van der Waals surface area contributed by atoms with Crippen molar-refractivity contribution >= 4 is 47.1 Å². The molecular weight excluding hydrogens is 778 g/mol. The van der Waals surface area contributed by atoms with E-state index in [2.05, 4.69) is 30.1 Å². The lowest BCUT2D eigenvalue weighted by Crippen LogP contribution is -2.51. The number of rotatable bonds is 10. The number of ether oxygens (including phenoxy) is 2. The Labute approximate surface area is 337 Å². The zero-order valence-corrected chi connectivity index (χ0v) is 33.5. The average Bonchev–Trinajstić information content (AvgIpc) is 3.87. The summed E-state index contributed by atoms with van der Waals surface area (Å²) in [6, 6.07) is 13.6. The van der Waals surface area contributed by atoms with Gasteiger partial charge in [-0.3, -0.25) is 14.4 Å². The van der Waals surface area contributed by atoms with Gasteiger partial charge in [-0.1, -0.05) is 45.0 Å². The second kappa shape index (κ2) is 17.4. The van der Waals surface area contributed by atoms with E-state index in [0.29, 0.717) is 73.3 Å². The van der Waals surface area contributed by atoms with Crippen LogP contribution in [0.25, 0.3) is 22.4 Å². The van der Waals surface area contributed by atoms with Gasteiger partial charge in [0.1, 0.15) is 23.9 Å². The molecule has 0 radical (unpaired) electrons. The van der Waals surface area contributed by atoms with Crippen LogP contribution in [0.15, 0.2) is 67.0 Å². The van der Waals surface area contributed by atoms with Crippen LogP contribution in [0.1, 0.15) is 49.4 Å². The van der Waals surface area contributed by atoms with E-state index in [0.717, 1.165) is 6.07 Å². The Kier molecular flexibility index (Phi) is 12.5. The number of piperazine rings is 1. The lowest BCUT2D eigenvalue weighted by atomic mass is 9.94. The van der Waals surface area contributed by atoms with Crippen molar-refractivity contribution in [2.24, 2.45) is 5.41 Å². The quantitative estimate of drug-likeness (QED) is 0.165. The zero-order chi connectivity index (χ0) is 41.8. The summed E-state index contributed by atoms with van der Waals surface area (Å²) in [7, 11) is 1.22. The number of hydrogen-bond donors (Lipinski definition) is 3. The summed E-state index contributed by atoms with van der Waals surface area (Å²) in [5.41, 5.74) is 1.58. The minimum Gasteiger partial charge on any atom is -0.453 e. The van der Waals surface area contributed by atoms with Crippen molar-refractivity contribution in [1.29, 1.82) is 0 Å². The van der Waals surface area contributed by atoms with Gasteiger partial charge >= 0.3 is 12.5 Å². The summed E-state index contributed by atoms with van der Waals surface area (Å²) in [5.74, 6) is -0.157. The van der Waals surface area contributed by atoms with E-state index in [1.54, 1.807) is 59.3 Å². The van der Waals surface area contributed by atoms with Crippen molar-refractivity contribution < 1.29 is 41.8 Å². The Morgan fingerprint density at radius 1 is 0.966 bits per heavy atom.